The molecule has 2 unspecified atom stereocenters. The molecule has 1 aliphatic carbocycles. The minimum Gasteiger partial charge on any atom is -0.381 e. The van der Waals surface area contributed by atoms with E-state index >= 15 is 0 Å². The third kappa shape index (κ3) is 3.04. The number of rotatable bonds is 4. The molecular weight excluding hydrogens is 228 g/mol. The van der Waals surface area contributed by atoms with Crippen molar-refractivity contribution in [3.05, 3.63) is 0 Å². The van der Waals surface area contributed by atoms with Crippen LogP contribution in [0.1, 0.15) is 39.0 Å². The first-order valence-electron chi connectivity index (χ1n) is 7.22. The van der Waals surface area contributed by atoms with Crippen molar-refractivity contribution in [2.24, 2.45) is 23.0 Å². The lowest BCUT2D eigenvalue weighted by Gasteiger charge is -2.31. The summed E-state index contributed by atoms with van der Waals surface area (Å²) < 4.78 is 5.38. The second kappa shape index (κ2) is 6.02. The summed E-state index contributed by atoms with van der Waals surface area (Å²) in [5.74, 6) is 0.650. The zero-order valence-corrected chi connectivity index (χ0v) is 11.4. The van der Waals surface area contributed by atoms with Crippen LogP contribution in [0.4, 0.5) is 0 Å². The highest BCUT2D eigenvalue weighted by molar-refractivity contribution is 5.79. The summed E-state index contributed by atoms with van der Waals surface area (Å²) in [6.45, 7) is 4.96. The highest BCUT2D eigenvalue weighted by Crippen LogP contribution is 2.36. The molecule has 0 radical (unpaired) electrons. The van der Waals surface area contributed by atoms with Gasteiger partial charge in [0.2, 0.25) is 5.91 Å². The Hall–Kier alpha value is -0.610. The van der Waals surface area contributed by atoms with Gasteiger partial charge in [0, 0.05) is 25.7 Å². The van der Waals surface area contributed by atoms with Crippen LogP contribution in [-0.2, 0) is 9.53 Å². The van der Waals surface area contributed by atoms with Gasteiger partial charge in [-0.25, -0.2) is 0 Å². The first-order valence-corrected chi connectivity index (χ1v) is 7.22. The maximum atomic E-state index is 12.2. The lowest BCUT2D eigenvalue weighted by Crippen LogP contribution is -2.45. The molecule has 1 saturated carbocycles. The van der Waals surface area contributed by atoms with Crippen LogP contribution < -0.4 is 11.1 Å². The van der Waals surface area contributed by atoms with Crippen LogP contribution in [0.15, 0.2) is 0 Å². The summed E-state index contributed by atoms with van der Waals surface area (Å²) in [6.07, 6.45) is 5.67. The topological polar surface area (TPSA) is 64.3 Å². The second-order valence-electron chi connectivity index (χ2n) is 6.08. The molecule has 18 heavy (non-hydrogen) atoms. The Morgan fingerprint density at radius 1 is 1.44 bits per heavy atom. The second-order valence-corrected chi connectivity index (χ2v) is 6.08. The van der Waals surface area contributed by atoms with E-state index in [9.17, 15) is 4.79 Å². The van der Waals surface area contributed by atoms with Crippen LogP contribution in [-0.4, -0.2) is 32.2 Å². The van der Waals surface area contributed by atoms with Gasteiger partial charge in [0.25, 0.3) is 0 Å². The van der Waals surface area contributed by atoms with Crippen molar-refractivity contribution >= 4 is 5.91 Å². The van der Waals surface area contributed by atoms with Gasteiger partial charge in [-0.15, -0.1) is 0 Å². The number of nitrogens with one attached hydrogen (secondary N) is 1. The molecule has 0 aromatic rings. The van der Waals surface area contributed by atoms with Crippen molar-refractivity contribution in [2.45, 2.75) is 39.0 Å². The van der Waals surface area contributed by atoms with Crippen LogP contribution >= 0.6 is 0 Å². The minimum atomic E-state index is 0.120. The van der Waals surface area contributed by atoms with Gasteiger partial charge in [0.15, 0.2) is 0 Å². The molecule has 1 aliphatic heterocycles. The summed E-state index contributed by atoms with van der Waals surface area (Å²) in [7, 11) is 0. The van der Waals surface area contributed by atoms with E-state index in [1.807, 2.05) is 0 Å². The van der Waals surface area contributed by atoms with Gasteiger partial charge < -0.3 is 15.8 Å². The van der Waals surface area contributed by atoms with Crippen LogP contribution in [0.25, 0.3) is 0 Å². The molecule has 0 aromatic heterocycles. The summed E-state index contributed by atoms with van der Waals surface area (Å²) in [5.41, 5.74) is 6.06. The number of nitrogens with two attached hydrogens (primary N) is 1. The van der Waals surface area contributed by atoms with E-state index < -0.39 is 0 Å². The van der Waals surface area contributed by atoms with E-state index in [0.717, 1.165) is 25.8 Å². The fraction of sp³-hybridized carbons (Fsp3) is 0.929. The average Bonchev–Trinajstić information content (AvgIpc) is 2.86. The molecule has 2 aliphatic rings. The Kier molecular flexibility index (Phi) is 4.62. The van der Waals surface area contributed by atoms with Gasteiger partial charge >= 0.3 is 0 Å². The van der Waals surface area contributed by atoms with E-state index in [1.54, 1.807) is 0 Å². The first-order chi connectivity index (χ1) is 8.67. The van der Waals surface area contributed by atoms with Crippen molar-refractivity contribution in [3.8, 4) is 0 Å². The molecule has 2 atom stereocenters. The van der Waals surface area contributed by atoms with Gasteiger partial charge in [-0.05, 0) is 37.1 Å². The Labute approximate surface area is 110 Å². The Balaban J connectivity index is 1.83. The van der Waals surface area contributed by atoms with Crippen molar-refractivity contribution < 1.29 is 9.53 Å². The number of amides is 1. The Morgan fingerprint density at radius 3 is 2.78 bits per heavy atom. The summed E-state index contributed by atoms with van der Waals surface area (Å²) in [6, 6.07) is 0. The first kappa shape index (κ1) is 13.8. The smallest absolute Gasteiger partial charge is 0.223 e. The summed E-state index contributed by atoms with van der Waals surface area (Å²) in [4.78, 5) is 12.2. The van der Waals surface area contributed by atoms with E-state index in [2.05, 4.69) is 12.2 Å². The zero-order chi connectivity index (χ0) is 13.0. The molecular formula is C14H26N2O2. The van der Waals surface area contributed by atoms with Crippen LogP contribution in [0.5, 0.6) is 0 Å². The highest BCUT2D eigenvalue weighted by Gasteiger charge is 2.34. The van der Waals surface area contributed by atoms with E-state index in [4.69, 9.17) is 10.5 Å². The number of carbonyl (C=O) groups excluding carboxylic acids is 1. The molecule has 1 saturated heterocycles. The normalized spacial score (nSPS) is 31.2. The molecule has 4 heteroatoms. The number of hydrogen-bond acceptors (Lipinski definition) is 3. The summed E-state index contributed by atoms with van der Waals surface area (Å²) >= 11 is 0. The lowest BCUT2D eigenvalue weighted by molar-refractivity contribution is -0.131. The van der Waals surface area contributed by atoms with Crippen LogP contribution in [0.2, 0.25) is 0 Å². The van der Waals surface area contributed by atoms with Gasteiger partial charge in [0.1, 0.15) is 0 Å². The Morgan fingerprint density at radius 2 is 2.17 bits per heavy atom. The molecule has 4 nitrogen and oxygen atoms in total. The minimum absolute atomic E-state index is 0.120. The Bertz CT molecular complexity index is 288. The average molecular weight is 254 g/mol. The van der Waals surface area contributed by atoms with Crippen LogP contribution in [0, 0.1) is 17.3 Å². The lowest BCUT2D eigenvalue weighted by atomic mass is 9.85. The van der Waals surface area contributed by atoms with E-state index in [0.29, 0.717) is 25.7 Å². The predicted molar refractivity (Wildman–Crippen MR) is 71.1 cm³/mol. The standard InChI is InChI=1S/C14H26N2O2/c1-11-8-18-7-4-12(11)13(17)16-10-14(9-15)5-2-3-6-14/h11-12H,2-10,15H2,1H3,(H,16,17). The predicted octanol–water partition coefficient (Wildman–Crippen LogP) is 1.29. The monoisotopic (exact) mass is 254 g/mol. The third-order valence-corrected chi connectivity index (χ3v) is 4.71. The van der Waals surface area contributed by atoms with Crippen molar-refractivity contribution in [2.75, 3.05) is 26.3 Å². The molecule has 1 amide bonds. The van der Waals surface area contributed by atoms with E-state index in [-0.39, 0.29) is 17.2 Å². The fourth-order valence-electron chi connectivity index (χ4n) is 3.25. The van der Waals surface area contributed by atoms with Gasteiger partial charge in [0.05, 0.1) is 0 Å². The van der Waals surface area contributed by atoms with Crippen LogP contribution in [0.3, 0.4) is 0 Å². The molecule has 1 heterocycles. The number of carbonyl (C=O) groups is 1. The van der Waals surface area contributed by atoms with Crippen molar-refractivity contribution in [1.29, 1.82) is 0 Å². The van der Waals surface area contributed by atoms with Gasteiger partial charge in [-0.1, -0.05) is 19.8 Å². The molecule has 0 aromatic carbocycles. The molecule has 2 fully saturated rings. The van der Waals surface area contributed by atoms with Gasteiger partial charge in [-0.3, -0.25) is 4.79 Å². The third-order valence-electron chi connectivity index (χ3n) is 4.71. The van der Waals surface area contributed by atoms with E-state index in [1.165, 1.54) is 12.8 Å². The van der Waals surface area contributed by atoms with Crippen molar-refractivity contribution in [3.63, 3.8) is 0 Å². The molecule has 3 N–H and O–H groups in total. The van der Waals surface area contributed by atoms with Crippen molar-refractivity contribution in [1.82, 2.24) is 5.32 Å². The molecule has 0 spiro atoms. The summed E-state index contributed by atoms with van der Waals surface area (Å²) in [5, 5.41) is 3.14. The highest BCUT2D eigenvalue weighted by atomic mass is 16.5. The number of hydrogen-bond donors (Lipinski definition) is 2. The maximum absolute atomic E-state index is 12.2. The number of ether oxygens (including phenoxy) is 1. The maximum Gasteiger partial charge on any atom is 0.223 e. The molecule has 104 valence electrons. The molecule has 0 bridgehead atoms. The largest absolute Gasteiger partial charge is 0.381 e. The SMILES string of the molecule is CC1COCCC1C(=O)NCC1(CN)CCCC1. The fourth-order valence-corrected chi connectivity index (χ4v) is 3.25. The quantitative estimate of drug-likeness (QED) is 0.794. The molecule has 2 rings (SSSR count). The van der Waals surface area contributed by atoms with Gasteiger partial charge in [-0.2, -0.15) is 0 Å². The zero-order valence-electron chi connectivity index (χ0n) is 11.4.